The third kappa shape index (κ3) is 2.35. The standard InChI is InChI=1S/C30H20O2/c31-27-12-11-22-25-15-19-7-3-4-8-20(19)16-26(25)28(27)23-10-9-21-13-17-5-1-2-6-18(17)14-24(21)29(22)30(23)32/h1-16,22-23,28-29H/t22-,23-,28-,29-/m1/s1. The number of allylic oxidation sites excluding steroid dienone is 3. The molecule has 0 unspecified atom stereocenters. The van der Waals surface area contributed by atoms with E-state index in [0.717, 1.165) is 38.4 Å². The molecule has 4 aromatic carbocycles. The lowest BCUT2D eigenvalue weighted by Crippen LogP contribution is -2.29. The van der Waals surface area contributed by atoms with Gasteiger partial charge in [0.1, 0.15) is 5.78 Å². The summed E-state index contributed by atoms with van der Waals surface area (Å²) in [7, 11) is 0. The Morgan fingerprint density at radius 1 is 0.531 bits per heavy atom. The summed E-state index contributed by atoms with van der Waals surface area (Å²) >= 11 is 0. The van der Waals surface area contributed by atoms with E-state index in [1.807, 2.05) is 36.4 Å². The van der Waals surface area contributed by atoms with Gasteiger partial charge >= 0.3 is 0 Å². The van der Waals surface area contributed by atoms with Crippen LogP contribution in [0.25, 0.3) is 27.6 Å². The van der Waals surface area contributed by atoms with Gasteiger partial charge in [0.05, 0.1) is 17.8 Å². The fourth-order valence-electron chi connectivity index (χ4n) is 6.05. The van der Waals surface area contributed by atoms with E-state index in [1.165, 1.54) is 5.39 Å². The summed E-state index contributed by atoms with van der Waals surface area (Å²) in [4.78, 5) is 27.3. The molecule has 152 valence electrons. The van der Waals surface area contributed by atoms with Gasteiger partial charge in [-0.15, -0.1) is 0 Å². The highest BCUT2D eigenvalue weighted by atomic mass is 16.1. The van der Waals surface area contributed by atoms with Crippen molar-refractivity contribution in [1.82, 2.24) is 0 Å². The molecule has 0 saturated carbocycles. The second-order valence-corrected chi connectivity index (χ2v) is 9.19. The number of rotatable bonds is 0. The Morgan fingerprint density at radius 3 is 1.78 bits per heavy atom. The molecular weight excluding hydrogens is 392 g/mol. The van der Waals surface area contributed by atoms with Crippen LogP contribution in [-0.2, 0) is 9.59 Å². The summed E-state index contributed by atoms with van der Waals surface area (Å²) in [5, 5.41) is 4.57. The van der Waals surface area contributed by atoms with Crippen molar-refractivity contribution in [2.75, 3.05) is 0 Å². The number of carbonyl (C=O) groups excluding carboxylic acids is 2. The van der Waals surface area contributed by atoms with Gasteiger partial charge in [-0.25, -0.2) is 0 Å². The molecule has 0 N–H and O–H groups in total. The third-order valence-electron chi connectivity index (χ3n) is 7.54. The van der Waals surface area contributed by atoms with Gasteiger partial charge in [-0.3, -0.25) is 9.59 Å². The van der Waals surface area contributed by atoms with Crippen molar-refractivity contribution in [3.8, 4) is 0 Å². The first-order chi connectivity index (χ1) is 15.7. The molecule has 3 aliphatic rings. The molecule has 4 atom stereocenters. The van der Waals surface area contributed by atoms with Crippen molar-refractivity contribution >= 4 is 39.2 Å². The Kier molecular flexibility index (Phi) is 3.55. The maximum atomic E-state index is 14.0. The largest absolute Gasteiger partial charge is 0.298 e. The molecule has 0 aromatic heterocycles. The lowest BCUT2D eigenvalue weighted by Gasteiger charge is -2.26. The number of ketones is 2. The Bertz CT molecular complexity index is 1540. The first-order valence-electron chi connectivity index (χ1n) is 11.2. The van der Waals surface area contributed by atoms with Crippen molar-refractivity contribution in [3.63, 3.8) is 0 Å². The van der Waals surface area contributed by atoms with Crippen LogP contribution in [0.5, 0.6) is 0 Å². The minimum atomic E-state index is -0.465. The highest BCUT2D eigenvalue weighted by Crippen LogP contribution is 2.52. The van der Waals surface area contributed by atoms with Crippen molar-refractivity contribution in [1.29, 1.82) is 0 Å². The fourth-order valence-corrected chi connectivity index (χ4v) is 6.05. The van der Waals surface area contributed by atoms with E-state index >= 15 is 0 Å². The smallest absolute Gasteiger partial charge is 0.163 e. The minimum absolute atomic E-state index is 0.0293. The maximum Gasteiger partial charge on any atom is 0.163 e. The van der Waals surface area contributed by atoms with Crippen LogP contribution in [0, 0.1) is 5.92 Å². The predicted molar refractivity (Wildman–Crippen MR) is 128 cm³/mol. The monoisotopic (exact) mass is 412 g/mol. The van der Waals surface area contributed by atoms with Gasteiger partial charge in [-0.1, -0.05) is 78.9 Å². The van der Waals surface area contributed by atoms with Gasteiger partial charge in [0.15, 0.2) is 5.78 Å². The number of benzene rings is 4. The molecule has 4 aromatic rings. The zero-order valence-electron chi connectivity index (χ0n) is 17.4. The van der Waals surface area contributed by atoms with Crippen LogP contribution >= 0.6 is 0 Å². The summed E-state index contributed by atoms with van der Waals surface area (Å²) in [6.45, 7) is 0. The third-order valence-corrected chi connectivity index (χ3v) is 7.54. The highest BCUT2D eigenvalue weighted by molar-refractivity contribution is 6.07. The molecule has 0 spiro atoms. The van der Waals surface area contributed by atoms with Crippen molar-refractivity contribution < 1.29 is 9.59 Å². The summed E-state index contributed by atoms with van der Waals surface area (Å²) in [5.41, 5.74) is 4.28. The van der Waals surface area contributed by atoms with E-state index in [4.69, 9.17) is 0 Å². The topological polar surface area (TPSA) is 34.1 Å². The summed E-state index contributed by atoms with van der Waals surface area (Å²) < 4.78 is 0. The second-order valence-electron chi connectivity index (χ2n) is 9.19. The van der Waals surface area contributed by atoms with Gasteiger partial charge in [0, 0.05) is 5.92 Å². The zero-order valence-corrected chi connectivity index (χ0v) is 17.4. The first-order valence-corrected chi connectivity index (χ1v) is 11.2. The number of Topliss-reactive ketones (excluding diaryl/α,β-unsaturated/α-hetero) is 1. The normalized spacial score (nSPS) is 25.4. The molecule has 0 amide bonds. The number of carbonyl (C=O) groups is 2. The molecule has 0 aliphatic heterocycles. The summed E-state index contributed by atoms with van der Waals surface area (Å²) in [6, 6.07) is 25.3. The molecule has 0 fully saturated rings. The van der Waals surface area contributed by atoms with Crippen LogP contribution in [0.3, 0.4) is 0 Å². The lowest BCUT2D eigenvalue weighted by atomic mass is 9.75. The van der Waals surface area contributed by atoms with E-state index in [1.54, 1.807) is 6.08 Å². The Hall–Kier alpha value is -3.78. The maximum absolute atomic E-state index is 14.0. The van der Waals surface area contributed by atoms with Crippen molar-refractivity contribution in [2.24, 2.45) is 5.92 Å². The van der Waals surface area contributed by atoms with Crippen LogP contribution in [0.1, 0.15) is 40.0 Å². The molecule has 0 radical (unpaired) electrons. The zero-order chi connectivity index (χ0) is 21.4. The predicted octanol–water partition coefficient (Wildman–Crippen LogP) is 6.31. The Balaban J connectivity index is 1.57. The van der Waals surface area contributed by atoms with Crippen LogP contribution in [-0.4, -0.2) is 11.6 Å². The minimum Gasteiger partial charge on any atom is -0.298 e. The highest BCUT2D eigenvalue weighted by Gasteiger charge is 2.47. The number of hydrogen-bond donors (Lipinski definition) is 0. The van der Waals surface area contributed by atoms with E-state index in [9.17, 15) is 9.59 Å². The molecule has 0 saturated heterocycles. The first kappa shape index (κ1) is 17.9. The molecule has 2 heteroatoms. The summed E-state index contributed by atoms with van der Waals surface area (Å²) in [5.74, 6) is -1.18. The average molecular weight is 412 g/mol. The van der Waals surface area contributed by atoms with Crippen molar-refractivity contribution in [3.05, 3.63) is 113 Å². The van der Waals surface area contributed by atoms with Gasteiger partial charge in [-0.05, 0) is 62.0 Å². The quantitative estimate of drug-likeness (QED) is 0.339. The molecule has 4 bridgehead atoms. The van der Waals surface area contributed by atoms with Gasteiger partial charge < -0.3 is 0 Å². The summed E-state index contributed by atoms with van der Waals surface area (Å²) in [6.07, 6.45) is 7.77. The van der Waals surface area contributed by atoms with Crippen LogP contribution in [0.2, 0.25) is 0 Å². The van der Waals surface area contributed by atoms with Crippen LogP contribution < -0.4 is 0 Å². The molecular formula is C30H20O2. The number of fused-ring (bicyclic) bond motifs is 8. The molecule has 0 heterocycles. The Labute approximate surface area is 185 Å². The van der Waals surface area contributed by atoms with E-state index in [-0.39, 0.29) is 23.4 Å². The van der Waals surface area contributed by atoms with Gasteiger partial charge in [0.25, 0.3) is 0 Å². The molecule has 32 heavy (non-hydrogen) atoms. The molecule has 3 aliphatic carbocycles. The molecule has 2 nitrogen and oxygen atoms in total. The Morgan fingerprint density at radius 2 is 1.09 bits per heavy atom. The average Bonchev–Trinajstić information content (AvgIpc) is 3.08. The van der Waals surface area contributed by atoms with Gasteiger partial charge in [0.2, 0.25) is 0 Å². The van der Waals surface area contributed by atoms with Crippen molar-refractivity contribution in [2.45, 2.75) is 17.8 Å². The van der Waals surface area contributed by atoms with E-state index in [2.05, 4.69) is 54.6 Å². The second kappa shape index (κ2) is 6.37. The molecule has 7 rings (SSSR count). The van der Waals surface area contributed by atoms with E-state index in [0.29, 0.717) is 0 Å². The van der Waals surface area contributed by atoms with Crippen LogP contribution in [0.4, 0.5) is 0 Å². The van der Waals surface area contributed by atoms with E-state index < -0.39 is 11.8 Å². The fraction of sp³-hybridized carbons (Fsp3) is 0.133. The number of hydrogen-bond acceptors (Lipinski definition) is 2. The van der Waals surface area contributed by atoms with Crippen LogP contribution in [0.15, 0.2) is 91.0 Å². The lowest BCUT2D eigenvalue weighted by molar-refractivity contribution is -0.127. The van der Waals surface area contributed by atoms with Gasteiger partial charge in [-0.2, -0.15) is 0 Å². The SMILES string of the molecule is O=C1[C@@H]2C=Cc3cc4ccccc4cc3[C@H]1[C@@H]1C=CC(=O)[C@H]2c2cc3ccccc3cc21.